The van der Waals surface area contributed by atoms with Gasteiger partial charge in [-0.2, -0.15) is 0 Å². The molecule has 4 rings (SSSR count). The van der Waals surface area contributed by atoms with Crippen LogP contribution in [0.2, 0.25) is 0 Å². The van der Waals surface area contributed by atoms with Crippen LogP contribution in [0.5, 0.6) is 5.75 Å². The molecule has 0 bridgehead atoms. The van der Waals surface area contributed by atoms with Crippen molar-refractivity contribution in [3.05, 3.63) is 65.4 Å². The zero-order chi connectivity index (χ0) is 20.2. The number of rotatable bonds is 6. The second-order valence-corrected chi connectivity index (χ2v) is 6.84. The summed E-state index contributed by atoms with van der Waals surface area (Å²) in [6, 6.07) is 14.7. The number of carbonyl (C=O) groups excluding carboxylic acids is 2. The minimum Gasteiger partial charge on any atom is -0.492 e. The number of ether oxygens (including phenoxy) is 2. The highest BCUT2D eigenvalue weighted by atomic mass is 16.5. The van der Waals surface area contributed by atoms with E-state index in [1.165, 1.54) is 0 Å². The van der Waals surface area contributed by atoms with E-state index >= 15 is 0 Å². The third-order valence-electron chi connectivity index (χ3n) is 4.92. The zero-order valence-corrected chi connectivity index (χ0v) is 16.2. The second kappa shape index (κ2) is 8.31. The van der Waals surface area contributed by atoms with Gasteiger partial charge in [-0.3, -0.25) is 9.78 Å². The van der Waals surface area contributed by atoms with E-state index in [4.69, 9.17) is 9.47 Å². The molecule has 0 saturated carbocycles. The van der Waals surface area contributed by atoms with Crippen LogP contribution in [0.25, 0.3) is 10.9 Å². The van der Waals surface area contributed by atoms with E-state index in [1.54, 1.807) is 18.2 Å². The van der Waals surface area contributed by atoms with Gasteiger partial charge in [0, 0.05) is 11.1 Å². The van der Waals surface area contributed by atoms with Gasteiger partial charge in [0.2, 0.25) is 0 Å². The van der Waals surface area contributed by atoms with E-state index in [0.717, 1.165) is 41.4 Å². The standard InChI is InChI=1S/C23H22N2O4/c1-2-28-20-13-6-5-11-19(20)25-21(26)14-29-23(27)22-15-8-3-4-10-17(15)24-18-12-7-9-16(18)22/h3-6,8,10-11,13H,2,7,9,12,14H2,1H3,(H,25,26). The Balaban J connectivity index is 1.50. The van der Waals surface area contributed by atoms with Crippen molar-refractivity contribution < 1.29 is 19.1 Å². The zero-order valence-electron chi connectivity index (χ0n) is 16.2. The summed E-state index contributed by atoms with van der Waals surface area (Å²) >= 11 is 0. The van der Waals surface area contributed by atoms with Crippen molar-refractivity contribution in [1.82, 2.24) is 4.98 Å². The van der Waals surface area contributed by atoms with E-state index in [2.05, 4.69) is 10.3 Å². The number of nitrogens with zero attached hydrogens (tertiary/aromatic N) is 1. The van der Waals surface area contributed by atoms with Gasteiger partial charge in [0.15, 0.2) is 6.61 Å². The van der Waals surface area contributed by atoms with Crippen LogP contribution in [0.15, 0.2) is 48.5 Å². The average Bonchev–Trinajstić information content (AvgIpc) is 3.20. The quantitative estimate of drug-likeness (QED) is 0.646. The molecule has 3 aromatic rings. The molecule has 0 unspecified atom stereocenters. The van der Waals surface area contributed by atoms with Crippen molar-refractivity contribution in [2.24, 2.45) is 0 Å². The molecule has 0 radical (unpaired) electrons. The van der Waals surface area contributed by atoms with Crippen molar-refractivity contribution >= 4 is 28.5 Å². The number of amides is 1. The number of benzene rings is 2. The lowest BCUT2D eigenvalue weighted by molar-refractivity contribution is -0.119. The van der Waals surface area contributed by atoms with Crippen LogP contribution in [-0.2, 0) is 22.4 Å². The number of fused-ring (bicyclic) bond motifs is 2. The first-order valence-electron chi connectivity index (χ1n) is 9.76. The summed E-state index contributed by atoms with van der Waals surface area (Å²) in [7, 11) is 0. The average molecular weight is 390 g/mol. The van der Waals surface area contributed by atoms with Crippen molar-refractivity contribution in [1.29, 1.82) is 0 Å². The first-order valence-corrected chi connectivity index (χ1v) is 9.76. The molecule has 29 heavy (non-hydrogen) atoms. The second-order valence-electron chi connectivity index (χ2n) is 6.84. The third kappa shape index (κ3) is 3.92. The largest absolute Gasteiger partial charge is 0.492 e. The maximum atomic E-state index is 12.9. The van der Waals surface area contributed by atoms with Crippen LogP contribution < -0.4 is 10.1 Å². The highest BCUT2D eigenvalue weighted by molar-refractivity contribution is 6.06. The molecule has 0 atom stereocenters. The number of nitrogens with one attached hydrogen (secondary N) is 1. The van der Waals surface area contributed by atoms with Crippen LogP contribution in [0.4, 0.5) is 5.69 Å². The molecule has 6 nitrogen and oxygen atoms in total. The number of pyridine rings is 1. The number of carbonyl (C=O) groups is 2. The Morgan fingerprint density at radius 1 is 1.07 bits per heavy atom. The third-order valence-corrected chi connectivity index (χ3v) is 4.92. The number of esters is 1. The summed E-state index contributed by atoms with van der Waals surface area (Å²) in [5.41, 5.74) is 3.74. The molecule has 1 aromatic heterocycles. The van der Waals surface area contributed by atoms with Gasteiger partial charge in [-0.05, 0) is 49.9 Å². The van der Waals surface area contributed by atoms with Gasteiger partial charge < -0.3 is 14.8 Å². The first-order chi connectivity index (χ1) is 14.2. The molecule has 0 saturated heterocycles. The summed E-state index contributed by atoms with van der Waals surface area (Å²) in [6.45, 7) is 1.99. The molecule has 2 aromatic carbocycles. The first kappa shape index (κ1) is 18.9. The van der Waals surface area contributed by atoms with Gasteiger partial charge in [0.1, 0.15) is 5.75 Å². The van der Waals surface area contributed by atoms with Gasteiger partial charge in [-0.25, -0.2) is 4.79 Å². The number of aryl methyl sites for hydroxylation is 1. The molecule has 0 aliphatic heterocycles. The molecule has 1 aliphatic rings. The van der Waals surface area contributed by atoms with Gasteiger partial charge >= 0.3 is 5.97 Å². The minimum absolute atomic E-state index is 0.370. The van der Waals surface area contributed by atoms with Crippen LogP contribution in [-0.4, -0.2) is 30.1 Å². The predicted octanol–water partition coefficient (Wildman–Crippen LogP) is 3.92. The van der Waals surface area contributed by atoms with E-state index in [-0.39, 0.29) is 6.61 Å². The Bertz CT molecular complexity index is 1080. The lowest BCUT2D eigenvalue weighted by Gasteiger charge is -2.13. The number of aromatic nitrogens is 1. The van der Waals surface area contributed by atoms with Crippen LogP contribution >= 0.6 is 0 Å². The number of hydrogen-bond donors (Lipinski definition) is 1. The summed E-state index contributed by atoms with van der Waals surface area (Å²) in [5.74, 6) is -0.330. The summed E-state index contributed by atoms with van der Waals surface area (Å²) in [6.07, 6.45) is 2.62. The smallest absolute Gasteiger partial charge is 0.339 e. The van der Waals surface area contributed by atoms with Crippen molar-refractivity contribution in [3.8, 4) is 5.75 Å². The Morgan fingerprint density at radius 2 is 1.86 bits per heavy atom. The van der Waals surface area contributed by atoms with Gasteiger partial charge in [-0.15, -0.1) is 0 Å². The molecule has 1 heterocycles. The Labute approximate surface area is 168 Å². The van der Waals surface area contributed by atoms with E-state index in [0.29, 0.717) is 23.6 Å². The Kier molecular flexibility index (Phi) is 5.42. The number of para-hydroxylation sites is 3. The van der Waals surface area contributed by atoms with Gasteiger partial charge in [0.25, 0.3) is 5.91 Å². The summed E-state index contributed by atoms with van der Waals surface area (Å²) in [4.78, 5) is 29.9. The topological polar surface area (TPSA) is 77.5 Å². The fraction of sp³-hybridized carbons (Fsp3) is 0.261. The lowest BCUT2D eigenvalue weighted by atomic mass is 10.0. The van der Waals surface area contributed by atoms with E-state index < -0.39 is 11.9 Å². The van der Waals surface area contributed by atoms with Gasteiger partial charge in [-0.1, -0.05) is 30.3 Å². The normalized spacial score (nSPS) is 12.4. The van der Waals surface area contributed by atoms with Crippen LogP contribution in [0.3, 0.4) is 0 Å². The number of anilines is 1. The van der Waals surface area contributed by atoms with E-state index in [9.17, 15) is 9.59 Å². The highest BCUT2D eigenvalue weighted by Gasteiger charge is 2.25. The van der Waals surface area contributed by atoms with Gasteiger partial charge in [0.05, 0.1) is 23.4 Å². The molecular weight excluding hydrogens is 368 g/mol. The molecule has 148 valence electrons. The summed E-state index contributed by atoms with van der Waals surface area (Å²) in [5, 5.41) is 3.50. The molecule has 1 N–H and O–H groups in total. The molecule has 1 amide bonds. The SMILES string of the molecule is CCOc1ccccc1NC(=O)COC(=O)c1c2c(nc3ccccc13)CCC2. The molecule has 1 aliphatic carbocycles. The minimum atomic E-state index is -0.491. The molecular formula is C23H22N2O4. The fourth-order valence-corrected chi connectivity index (χ4v) is 3.68. The van der Waals surface area contributed by atoms with Crippen molar-refractivity contribution in [2.75, 3.05) is 18.5 Å². The van der Waals surface area contributed by atoms with E-state index in [1.807, 2.05) is 37.3 Å². The predicted molar refractivity (Wildman–Crippen MR) is 110 cm³/mol. The van der Waals surface area contributed by atoms with Crippen molar-refractivity contribution in [2.45, 2.75) is 26.2 Å². The summed E-state index contributed by atoms with van der Waals surface area (Å²) < 4.78 is 10.9. The molecule has 6 heteroatoms. The highest BCUT2D eigenvalue weighted by Crippen LogP contribution is 2.30. The maximum Gasteiger partial charge on any atom is 0.339 e. The Hall–Kier alpha value is -3.41. The number of hydrogen-bond acceptors (Lipinski definition) is 5. The van der Waals surface area contributed by atoms with Crippen LogP contribution in [0.1, 0.15) is 35.0 Å². The molecule has 0 spiro atoms. The Morgan fingerprint density at radius 3 is 2.72 bits per heavy atom. The lowest BCUT2D eigenvalue weighted by Crippen LogP contribution is -2.22. The maximum absolute atomic E-state index is 12.9. The molecule has 0 fully saturated rings. The van der Waals surface area contributed by atoms with Crippen LogP contribution in [0, 0.1) is 0 Å². The van der Waals surface area contributed by atoms with Crippen molar-refractivity contribution in [3.63, 3.8) is 0 Å². The monoisotopic (exact) mass is 390 g/mol. The fourth-order valence-electron chi connectivity index (χ4n) is 3.68.